The predicted molar refractivity (Wildman–Crippen MR) is 96.6 cm³/mol. The second-order valence-electron chi connectivity index (χ2n) is 6.65. The van der Waals surface area contributed by atoms with E-state index >= 15 is 0 Å². The number of rotatable bonds is 6. The third-order valence-electron chi connectivity index (χ3n) is 4.70. The Hall–Kier alpha value is -1.63. The van der Waals surface area contributed by atoms with E-state index in [-0.39, 0.29) is 12.0 Å². The minimum absolute atomic E-state index is 0.0136. The Morgan fingerprint density at radius 1 is 1.21 bits per heavy atom. The molecule has 3 rings (SSSR count). The molecule has 2 heterocycles. The first kappa shape index (κ1) is 17.2. The Labute approximate surface area is 144 Å². The summed E-state index contributed by atoms with van der Waals surface area (Å²) in [6, 6.07) is 8.12. The molecule has 2 fully saturated rings. The van der Waals surface area contributed by atoms with E-state index in [1.54, 1.807) is 0 Å². The summed E-state index contributed by atoms with van der Waals surface area (Å²) in [5.74, 6) is -0.0136. The van der Waals surface area contributed by atoms with Crippen LogP contribution < -0.4 is 15.5 Å². The van der Waals surface area contributed by atoms with Crippen LogP contribution in [0.1, 0.15) is 12.8 Å². The van der Waals surface area contributed by atoms with Crippen molar-refractivity contribution in [2.24, 2.45) is 0 Å². The summed E-state index contributed by atoms with van der Waals surface area (Å²) in [5.41, 5.74) is 2.06. The lowest BCUT2D eigenvalue weighted by molar-refractivity contribution is -0.115. The lowest BCUT2D eigenvalue weighted by atomic mass is 10.2. The van der Waals surface area contributed by atoms with Crippen molar-refractivity contribution >= 4 is 17.3 Å². The first-order valence-electron chi connectivity index (χ1n) is 8.86. The molecule has 0 aliphatic carbocycles. The maximum Gasteiger partial charge on any atom is 0.238 e. The van der Waals surface area contributed by atoms with Crippen molar-refractivity contribution in [1.82, 2.24) is 10.2 Å². The van der Waals surface area contributed by atoms with Crippen molar-refractivity contribution < 1.29 is 9.53 Å². The van der Waals surface area contributed by atoms with Gasteiger partial charge in [-0.1, -0.05) is 0 Å². The van der Waals surface area contributed by atoms with Crippen LogP contribution in [0, 0.1) is 0 Å². The summed E-state index contributed by atoms with van der Waals surface area (Å²) < 4.78 is 5.53. The van der Waals surface area contributed by atoms with Crippen LogP contribution in [0.25, 0.3) is 0 Å². The van der Waals surface area contributed by atoms with Crippen LogP contribution in [0.5, 0.6) is 0 Å². The van der Waals surface area contributed by atoms with Gasteiger partial charge in [-0.2, -0.15) is 0 Å². The minimum atomic E-state index is -0.0136. The number of carbonyl (C=O) groups excluding carboxylic acids is 1. The quantitative estimate of drug-likeness (QED) is 0.818. The van der Waals surface area contributed by atoms with E-state index in [1.165, 1.54) is 5.69 Å². The molecule has 0 spiro atoms. The molecule has 2 aliphatic rings. The van der Waals surface area contributed by atoms with Gasteiger partial charge in [-0.25, -0.2) is 0 Å². The molecular formula is C18H28N4O2. The number of nitrogens with zero attached hydrogens (tertiary/aromatic N) is 2. The first-order valence-corrected chi connectivity index (χ1v) is 8.86. The van der Waals surface area contributed by atoms with E-state index in [0.717, 1.165) is 57.9 Å². The summed E-state index contributed by atoms with van der Waals surface area (Å²) in [5, 5.41) is 6.10. The number of hydrogen-bond acceptors (Lipinski definition) is 5. The van der Waals surface area contributed by atoms with Crippen LogP contribution in [0.15, 0.2) is 24.3 Å². The molecule has 0 aromatic heterocycles. The highest BCUT2D eigenvalue weighted by Crippen LogP contribution is 2.19. The molecule has 1 aromatic rings. The van der Waals surface area contributed by atoms with Crippen molar-refractivity contribution in [3.05, 3.63) is 24.3 Å². The van der Waals surface area contributed by atoms with Gasteiger partial charge < -0.3 is 25.2 Å². The van der Waals surface area contributed by atoms with Crippen LogP contribution >= 0.6 is 0 Å². The van der Waals surface area contributed by atoms with E-state index in [9.17, 15) is 4.79 Å². The SMILES string of the molecule is CN1CCN(c2ccc(NC(=O)CNCC3CCCO3)cc2)CC1. The number of piperazine rings is 1. The van der Waals surface area contributed by atoms with Crippen LogP contribution in [-0.4, -0.2) is 69.8 Å². The molecule has 1 aromatic carbocycles. The maximum absolute atomic E-state index is 12.0. The second-order valence-corrected chi connectivity index (χ2v) is 6.65. The highest BCUT2D eigenvalue weighted by molar-refractivity contribution is 5.92. The van der Waals surface area contributed by atoms with Gasteiger partial charge in [0.25, 0.3) is 0 Å². The van der Waals surface area contributed by atoms with Gasteiger partial charge in [-0.05, 0) is 44.2 Å². The number of nitrogens with one attached hydrogen (secondary N) is 2. The van der Waals surface area contributed by atoms with Crippen molar-refractivity contribution in [3.63, 3.8) is 0 Å². The molecule has 1 atom stereocenters. The molecule has 1 amide bonds. The highest BCUT2D eigenvalue weighted by atomic mass is 16.5. The van der Waals surface area contributed by atoms with Gasteiger partial charge in [0.05, 0.1) is 12.6 Å². The molecule has 0 radical (unpaired) electrons. The average Bonchev–Trinajstić information content (AvgIpc) is 3.10. The normalized spacial score (nSPS) is 21.9. The Bertz CT molecular complexity index is 520. The summed E-state index contributed by atoms with van der Waals surface area (Å²) in [7, 11) is 2.16. The summed E-state index contributed by atoms with van der Waals surface area (Å²) >= 11 is 0. The lowest BCUT2D eigenvalue weighted by Crippen LogP contribution is -2.44. The fourth-order valence-electron chi connectivity index (χ4n) is 3.18. The van der Waals surface area contributed by atoms with Crippen molar-refractivity contribution in [2.45, 2.75) is 18.9 Å². The molecule has 2 N–H and O–H groups in total. The van der Waals surface area contributed by atoms with E-state index in [4.69, 9.17) is 4.74 Å². The van der Waals surface area contributed by atoms with Gasteiger partial charge in [0.2, 0.25) is 5.91 Å². The van der Waals surface area contributed by atoms with Crippen molar-refractivity contribution in [2.75, 3.05) is 63.1 Å². The Morgan fingerprint density at radius 3 is 2.62 bits per heavy atom. The number of anilines is 2. The third-order valence-corrected chi connectivity index (χ3v) is 4.70. The van der Waals surface area contributed by atoms with Gasteiger partial charge in [0.1, 0.15) is 0 Å². The smallest absolute Gasteiger partial charge is 0.238 e. The topological polar surface area (TPSA) is 56.8 Å². The second kappa shape index (κ2) is 8.46. The van der Waals surface area contributed by atoms with E-state index in [0.29, 0.717) is 6.54 Å². The van der Waals surface area contributed by atoms with Crippen LogP contribution in [0.2, 0.25) is 0 Å². The predicted octanol–water partition coefficient (Wildman–Crippen LogP) is 1.15. The minimum Gasteiger partial charge on any atom is -0.377 e. The molecule has 24 heavy (non-hydrogen) atoms. The van der Waals surface area contributed by atoms with Crippen molar-refractivity contribution in [3.8, 4) is 0 Å². The van der Waals surface area contributed by atoms with Crippen LogP contribution in [0.4, 0.5) is 11.4 Å². The lowest BCUT2D eigenvalue weighted by Gasteiger charge is -2.34. The Balaban J connectivity index is 1.41. The van der Waals surface area contributed by atoms with Crippen LogP contribution in [-0.2, 0) is 9.53 Å². The zero-order valence-corrected chi connectivity index (χ0v) is 14.5. The van der Waals surface area contributed by atoms with E-state index < -0.39 is 0 Å². The zero-order valence-electron chi connectivity index (χ0n) is 14.5. The fraction of sp³-hybridized carbons (Fsp3) is 0.611. The highest BCUT2D eigenvalue weighted by Gasteiger charge is 2.16. The average molecular weight is 332 g/mol. The van der Waals surface area contributed by atoms with Gasteiger partial charge >= 0.3 is 0 Å². The van der Waals surface area contributed by atoms with Gasteiger partial charge in [-0.15, -0.1) is 0 Å². The number of carbonyl (C=O) groups is 1. The Kier molecular flexibility index (Phi) is 6.07. The largest absolute Gasteiger partial charge is 0.377 e. The maximum atomic E-state index is 12.0. The summed E-state index contributed by atoms with van der Waals surface area (Å²) in [6.45, 7) is 6.20. The summed E-state index contributed by atoms with van der Waals surface area (Å²) in [4.78, 5) is 16.7. The molecule has 6 heteroatoms. The van der Waals surface area contributed by atoms with Crippen molar-refractivity contribution in [1.29, 1.82) is 0 Å². The van der Waals surface area contributed by atoms with Gasteiger partial charge in [0, 0.05) is 50.7 Å². The number of hydrogen-bond donors (Lipinski definition) is 2. The fourth-order valence-corrected chi connectivity index (χ4v) is 3.18. The zero-order chi connectivity index (χ0) is 16.8. The molecule has 2 aliphatic heterocycles. The van der Waals surface area contributed by atoms with Crippen LogP contribution in [0.3, 0.4) is 0 Å². The standard InChI is InChI=1S/C18H28N4O2/c1-21-8-10-22(11-9-21)16-6-4-15(5-7-16)20-18(23)14-19-13-17-3-2-12-24-17/h4-7,17,19H,2-3,8-14H2,1H3,(H,20,23). The van der Waals surface area contributed by atoms with E-state index in [1.807, 2.05) is 12.1 Å². The Morgan fingerprint density at radius 2 is 1.96 bits per heavy atom. The molecule has 1 unspecified atom stereocenters. The molecular weight excluding hydrogens is 304 g/mol. The molecule has 0 bridgehead atoms. The molecule has 0 saturated carbocycles. The number of likely N-dealkylation sites (N-methyl/N-ethyl adjacent to an activating group) is 1. The monoisotopic (exact) mass is 332 g/mol. The molecule has 6 nitrogen and oxygen atoms in total. The third kappa shape index (κ3) is 4.93. The number of benzene rings is 1. The van der Waals surface area contributed by atoms with Gasteiger partial charge in [-0.3, -0.25) is 4.79 Å². The van der Waals surface area contributed by atoms with Gasteiger partial charge in [0.15, 0.2) is 0 Å². The molecule has 132 valence electrons. The molecule has 2 saturated heterocycles. The number of ether oxygens (including phenoxy) is 1. The first-order chi connectivity index (χ1) is 11.7. The number of amides is 1. The van der Waals surface area contributed by atoms with E-state index in [2.05, 4.69) is 39.6 Å². The summed E-state index contributed by atoms with van der Waals surface area (Å²) in [6.07, 6.45) is 2.47.